The van der Waals surface area contributed by atoms with Gasteiger partial charge in [-0.05, 0) is 62.2 Å². The Labute approximate surface area is 118 Å². The van der Waals surface area contributed by atoms with Crippen molar-refractivity contribution in [1.82, 2.24) is 0 Å². The Balaban J connectivity index is 2.32. The van der Waals surface area contributed by atoms with Crippen molar-refractivity contribution in [2.45, 2.75) is 30.1 Å². The van der Waals surface area contributed by atoms with E-state index in [-0.39, 0.29) is 5.82 Å². The third-order valence-electron chi connectivity index (χ3n) is 3.18. The van der Waals surface area contributed by atoms with Gasteiger partial charge in [0.15, 0.2) is 0 Å². The lowest BCUT2D eigenvalue weighted by Gasteiger charge is -2.10. The Morgan fingerprint density at radius 2 is 1.89 bits per heavy atom. The van der Waals surface area contributed by atoms with Gasteiger partial charge < -0.3 is 5.73 Å². The minimum absolute atomic E-state index is 0.167. The predicted molar refractivity (Wildman–Crippen MR) is 79.2 cm³/mol. The number of halogens is 1. The van der Waals surface area contributed by atoms with Crippen LogP contribution in [0.2, 0.25) is 0 Å². The molecule has 0 atom stereocenters. The van der Waals surface area contributed by atoms with Crippen molar-refractivity contribution < 1.29 is 4.39 Å². The first-order valence-electron chi connectivity index (χ1n) is 6.34. The Morgan fingerprint density at radius 3 is 2.58 bits per heavy atom. The minimum atomic E-state index is -0.167. The van der Waals surface area contributed by atoms with Crippen LogP contribution in [0.3, 0.4) is 0 Å². The molecule has 2 aromatic rings. The average Bonchev–Trinajstić information content (AvgIpc) is 2.38. The standard InChI is InChI=1S/C16H18FNS/c1-11-6-7-13(10-12(11)2)19-16-5-3-4-15(17)14(16)8-9-18/h3-7,10H,8-9,18H2,1-2H3. The monoisotopic (exact) mass is 275 g/mol. The van der Waals surface area contributed by atoms with E-state index in [1.165, 1.54) is 17.2 Å². The molecule has 1 nitrogen and oxygen atoms in total. The van der Waals surface area contributed by atoms with Gasteiger partial charge in [0.05, 0.1) is 0 Å². The summed E-state index contributed by atoms with van der Waals surface area (Å²) in [5.41, 5.74) is 8.80. The van der Waals surface area contributed by atoms with Gasteiger partial charge in [-0.2, -0.15) is 0 Å². The summed E-state index contributed by atoms with van der Waals surface area (Å²) < 4.78 is 13.8. The fraction of sp³-hybridized carbons (Fsp3) is 0.250. The summed E-state index contributed by atoms with van der Waals surface area (Å²) >= 11 is 1.60. The van der Waals surface area contributed by atoms with E-state index >= 15 is 0 Å². The van der Waals surface area contributed by atoms with Gasteiger partial charge in [-0.3, -0.25) is 0 Å². The van der Waals surface area contributed by atoms with E-state index in [2.05, 4.69) is 32.0 Å². The molecule has 0 bridgehead atoms. The van der Waals surface area contributed by atoms with Crippen LogP contribution in [0.15, 0.2) is 46.2 Å². The second kappa shape index (κ2) is 6.22. The second-order valence-corrected chi connectivity index (χ2v) is 5.72. The van der Waals surface area contributed by atoms with Crippen LogP contribution in [-0.2, 0) is 6.42 Å². The molecule has 0 unspecified atom stereocenters. The molecule has 0 spiro atoms. The van der Waals surface area contributed by atoms with Crippen molar-refractivity contribution in [1.29, 1.82) is 0 Å². The van der Waals surface area contributed by atoms with E-state index in [9.17, 15) is 4.39 Å². The topological polar surface area (TPSA) is 26.0 Å². The molecule has 0 saturated carbocycles. The average molecular weight is 275 g/mol. The molecular formula is C16H18FNS. The fourth-order valence-electron chi connectivity index (χ4n) is 1.93. The SMILES string of the molecule is Cc1ccc(Sc2cccc(F)c2CCN)cc1C. The molecule has 2 rings (SSSR count). The normalized spacial score (nSPS) is 10.7. The second-order valence-electron chi connectivity index (χ2n) is 4.60. The summed E-state index contributed by atoms with van der Waals surface area (Å²) in [5, 5.41) is 0. The van der Waals surface area contributed by atoms with Crippen molar-refractivity contribution in [3.8, 4) is 0 Å². The van der Waals surface area contributed by atoms with Crippen LogP contribution in [0.25, 0.3) is 0 Å². The van der Waals surface area contributed by atoms with Gasteiger partial charge in [0.2, 0.25) is 0 Å². The zero-order valence-electron chi connectivity index (χ0n) is 11.2. The molecule has 0 aromatic heterocycles. The first-order valence-corrected chi connectivity index (χ1v) is 7.16. The van der Waals surface area contributed by atoms with Crippen molar-refractivity contribution in [2.75, 3.05) is 6.54 Å². The van der Waals surface area contributed by atoms with Crippen LogP contribution in [0.4, 0.5) is 4.39 Å². The third-order valence-corrected chi connectivity index (χ3v) is 4.27. The van der Waals surface area contributed by atoms with E-state index in [4.69, 9.17) is 5.73 Å². The third kappa shape index (κ3) is 3.37. The molecule has 100 valence electrons. The Hall–Kier alpha value is -1.32. The molecule has 3 heteroatoms. The Bertz CT molecular complexity index is 581. The molecule has 2 aromatic carbocycles. The minimum Gasteiger partial charge on any atom is -0.330 e. The van der Waals surface area contributed by atoms with Gasteiger partial charge in [0.1, 0.15) is 5.82 Å². The van der Waals surface area contributed by atoms with E-state index in [1.54, 1.807) is 17.8 Å². The van der Waals surface area contributed by atoms with E-state index in [1.807, 2.05) is 6.07 Å². The molecule has 0 amide bonds. The Kier molecular flexibility index (Phi) is 4.61. The fourth-order valence-corrected chi connectivity index (χ4v) is 3.02. The molecular weight excluding hydrogens is 257 g/mol. The number of hydrogen-bond acceptors (Lipinski definition) is 2. The van der Waals surface area contributed by atoms with Crippen LogP contribution in [0.5, 0.6) is 0 Å². The summed E-state index contributed by atoms with van der Waals surface area (Å²) in [6.45, 7) is 4.64. The van der Waals surface area contributed by atoms with E-state index in [0.29, 0.717) is 18.5 Å². The van der Waals surface area contributed by atoms with E-state index in [0.717, 1.165) is 9.79 Å². The largest absolute Gasteiger partial charge is 0.330 e. The van der Waals surface area contributed by atoms with Gasteiger partial charge in [-0.25, -0.2) is 4.39 Å². The van der Waals surface area contributed by atoms with Gasteiger partial charge in [0, 0.05) is 15.4 Å². The maximum atomic E-state index is 13.8. The van der Waals surface area contributed by atoms with Crippen molar-refractivity contribution in [3.05, 3.63) is 58.9 Å². The quantitative estimate of drug-likeness (QED) is 0.909. The number of hydrogen-bond donors (Lipinski definition) is 1. The van der Waals surface area contributed by atoms with Gasteiger partial charge in [0.25, 0.3) is 0 Å². The summed E-state index contributed by atoms with van der Waals surface area (Å²) in [7, 11) is 0. The van der Waals surface area contributed by atoms with Crippen LogP contribution < -0.4 is 5.73 Å². The molecule has 2 N–H and O–H groups in total. The molecule has 19 heavy (non-hydrogen) atoms. The van der Waals surface area contributed by atoms with Crippen LogP contribution in [0.1, 0.15) is 16.7 Å². The highest BCUT2D eigenvalue weighted by Crippen LogP contribution is 2.32. The first-order chi connectivity index (χ1) is 9.11. The van der Waals surface area contributed by atoms with Crippen LogP contribution >= 0.6 is 11.8 Å². The van der Waals surface area contributed by atoms with Crippen LogP contribution in [0, 0.1) is 19.7 Å². The summed E-state index contributed by atoms with van der Waals surface area (Å²) in [5.74, 6) is -0.167. The highest BCUT2D eigenvalue weighted by molar-refractivity contribution is 7.99. The smallest absolute Gasteiger partial charge is 0.127 e. The van der Waals surface area contributed by atoms with Crippen molar-refractivity contribution >= 4 is 11.8 Å². The van der Waals surface area contributed by atoms with Crippen molar-refractivity contribution in [2.24, 2.45) is 5.73 Å². The van der Waals surface area contributed by atoms with E-state index < -0.39 is 0 Å². The lowest BCUT2D eigenvalue weighted by atomic mass is 10.1. The lowest BCUT2D eigenvalue weighted by molar-refractivity contribution is 0.603. The molecule has 0 radical (unpaired) electrons. The lowest BCUT2D eigenvalue weighted by Crippen LogP contribution is -2.05. The zero-order valence-corrected chi connectivity index (χ0v) is 12.1. The van der Waals surface area contributed by atoms with Gasteiger partial charge in [-0.1, -0.05) is 23.9 Å². The molecule has 0 saturated heterocycles. The predicted octanol–water partition coefficient (Wildman–Crippen LogP) is 4.09. The van der Waals surface area contributed by atoms with Crippen LogP contribution in [-0.4, -0.2) is 6.54 Å². The first kappa shape index (κ1) is 14.1. The zero-order chi connectivity index (χ0) is 13.8. The highest BCUT2D eigenvalue weighted by atomic mass is 32.2. The molecule has 0 aliphatic carbocycles. The molecule has 0 aliphatic rings. The highest BCUT2D eigenvalue weighted by Gasteiger charge is 2.09. The summed E-state index contributed by atoms with van der Waals surface area (Å²) in [4.78, 5) is 2.08. The molecule has 0 heterocycles. The van der Waals surface area contributed by atoms with Gasteiger partial charge in [-0.15, -0.1) is 0 Å². The summed E-state index contributed by atoms with van der Waals surface area (Å²) in [6.07, 6.45) is 0.569. The number of nitrogens with two attached hydrogens (primary N) is 1. The van der Waals surface area contributed by atoms with Crippen molar-refractivity contribution in [3.63, 3.8) is 0 Å². The van der Waals surface area contributed by atoms with Gasteiger partial charge >= 0.3 is 0 Å². The maximum Gasteiger partial charge on any atom is 0.127 e. The number of rotatable bonds is 4. The number of benzene rings is 2. The summed E-state index contributed by atoms with van der Waals surface area (Å²) in [6, 6.07) is 11.5. The molecule has 0 aliphatic heterocycles. The molecule has 0 fully saturated rings. The maximum absolute atomic E-state index is 13.8. The number of aryl methyl sites for hydroxylation is 2. The Morgan fingerprint density at radius 1 is 1.11 bits per heavy atom.